The fourth-order valence-electron chi connectivity index (χ4n) is 4.47. The molecule has 0 spiro atoms. The van der Waals surface area contributed by atoms with Crippen molar-refractivity contribution in [2.75, 3.05) is 31.1 Å². The molecule has 2 heterocycles. The first-order valence-electron chi connectivity index (χ1n) is 12.3. The number of aryl methyl sites for hydroxylation is 2. The van der Waals surface area contributed by atoms with Crippen molar-refractivity contribution in [3.8, 4) is 5.75 Å². The normalized spacial score (nSPS) is 14.3. The lowest BCUT2D eigenvalue weighted by Gasteiger charge is -2.36. The highest BCUT2D eigenvalue weighted by molar-refractivity contribution is 5.94. The summed E-state index contributed by atoms with van der Waals surface area (Å²) in [6, 6.07) is 18.5. The van der Waals surface area contributed by atoms with E-state index in [1.807, 2.05) is 13.8 Å². The molecule has 184 valence electrons. The summed E-state index contributed by atoms with van der Waals surface area (Å²) in [5, 5.41) is 0. The summed E-state index contributed by atoms with van der Waals surface area (Å²) in [7, 11) is 0. The Hall–Kier alpha value is -3.38. The molecule has 1 fully saturated rings. The van der Waals surface area contributed by atoms with E-state index in [4.69, 9.17) is 9.47 Å². The van der Waals surface area contributed by atoms with Crippen LogP contribution in [0.2, 0.25) is 0 Å². The van der Waals surface area contributed by atoms with E-state index in [-0.39, 0.29) is 12.1 Å². The molecule has 0 atom stereocenters. The molecular weight excluding hydrogens is 438 g/mol. The van der Waals surface area contributed by atoms with Gasteiger partial charge in [-0.05, 0) is 63.1 Å². The fraction of sp³-hybridized carbons (Fsp3) is 0.379. The lowest BCUT2D eigenvalue weighted by Crippen LogP contribution is -2.46. The second-order valence-corrected chi connectivity index (χ2v) is 9.52. The maximum Gasteiger partial charge on any atom is 0.342 e. The Kier molecular flexibility index (Phi) is 8.03. The molecule has 1 aromatic heterocycles. The molecule has 0 amide bonds. The minimum Gasteiger partial charge on any atom is -0.489 e. The molecular formula is C29H35N3O3. The summed E-state index contributed by atoms with van der Waals surface area (Å²) in [5.41, 5.74) is 5.50. The summed E-state index contributed by atoms with van der Waals surface area (Å²) >= 11 is 0. The highest BCUT2D eigenvalue weighted by atomic mass is 16.5. The molecule has 6 nitrogen and oxygen atoms in total. The van der Waals surface area contributed by atoms with E-state index in [9.17, 15) is 4.79 Å². The molecule has 0 radical (unpaired) electrons. The third-order valence-corrected chi connectivity index (χ3v) is 6.04. The quantitative estimate of drug-likeness (QED) is 0.421. The number of carbonyl (C=O) groups is 1. The number of hydrogen-bond donors (Lipinski definition) is 0. The Balaban J connectivity index is 1.29. The van der Waals surface area contributed by atoms with Crippen LogP contribution >= 0.6 is 0 Å². The van der Waals surface area contributed by atoms with Crippen LogP contribution in [0, 0.1) is 13.8 Å². The van der Waals surface area contributed by atoms with Crippen LogP contribution in [0.3, 0.4) is 0 Å². The van der Waals surface area contributed by atoms with E-state index in [1.54, 1.807) is 18.3 Å². The van der Waals surface area contributed by atoms with Crippen molar-refractivity contribution < 1.29 is 14.3 Å². The zero-order valence-corrected chi connectivity index (χ0v) is 21.2. The molecule has 0 bridgehead atoms. The van der Waals surface area contributed by atoms with E-state index in [1.165, 1.54) is 22.3 Å². The average Bonchev–Trinajstić information content (AvgIpc) is 2.83. The van der Waals surface area contributed by atoms with Crippen LogP contribution in [-0.4, -0.2) is 48.1 Å². The van der Waals surface area contributed by atoms with Crippen LogP contribution in [0.4, 0.5) is 5.82 Å². The predicted octanol–water partition coefficient (Wildman–Crippen LogP) is 5.16. The Labute approximate surface area is 208 Å². The van der Waals surface area contributed by atoms with E-state index in [0.717, 1.165) is 38.5 Å². The van der Waals surface area contributed by atoms with E-state index >= 15 is 0 Å². The van der Waals surface area contributed by atoms with Gasteiger partial charge in [0.1, 0.15) is 23.7 Å². The van der Waals surface area contributed by atoms with Crippen LogP contribution < -0.4 is 9.64 Å². The van der Waals surface area contributed by atoms with Crippen LogP contribution in [-0.2, 0) is 17.9 Å². The Morgan fingerprint density at radius 1 is 0.943 bits per heavy atom. The van der Waals surface area contributed by atoms with Gasteiger partial charge in [-0.3, -0.25) is 4.90 Å². The second-order valence-electron chi connectivity index (χ2n) is 9.52. The van der Waals surface area contributed by atoms with E-state index in [2.05, 4.69) is 71.1 Å². The number of esters is 1. The van der Waals surface area contributed by atoms with Crippen molar-refractivity contribution in [1.82, 2.24) is 9.88 Å². The molecule has 0 aliphatic carbocycles. The summed E-state index contributed by atoms with van der Waals surface area (Å²) in [6.45, 7) is 12.8. The van der Waals surface area contributed by atoms with Gasteiger partial charge >= 0.3 is 5.97 Å². The second kappa shape index (κ2) is 11.4. The van der Waals surface area contributed by atoms with Gasteiger partial charge in [-0.25, -0.2) is 9.78 Å². The number of hydrogen-bond acceptors (Lipinski definition) is 6. The monoisotopic (exact) mass is 473 g/mol. The predicted molar refractivity (Wildman–Crippen MR) is 139 cm³/mol. The molecule has 6 heteroatoms. The van der Waals surface area contributed by atoms with Crippen molar-refractivity contribution >= 4 is 11.8 Å². The van der Waals surface area contributed by atoms with Crippen LogP contribution in [0.15, 0.2) is 60.8 Å². The number of anilines is 1. The van der Waals surface area contributed by atoms with Gasteiger partial charge in [0.2, 0.25) is 0 Å². The Bertz CT molecular complexity index is 1120. The number of nitrogens with zero attached hydrogens (tertiary/aromatic N) is 3. The van der Waals surface area contributed by atoms with Gasteiger partial charge < -0.3 is 14.4 Å². The molecule has 0 unspecified atom stereocenters. The first-order chi connectivity index (χ1) is 16.9. The van der Waals surface area contributed by atoms with Gasteiger partial charge in [-0.15, -0.1) is 0 Å². The number of aromatic nitrogens is 1. The minimum absolute atomic E-state index is 0.157. The lowest BCUT2D eigenvalue weighted by molar-refractivity contribution is 0.0378. The third kappa shape index (κ3) is 6.83. The average molecular weight is 474 g/mol. The highest BCUT2D eigenvalue weighted by Crippen LogP contribution is 2.22. The summed E-state index contributed by atoms with van der Waals surface area (Å²) in [4.78, 5) is 21.6. The molecule has 35 heavy (non-hydrogen) atoms. The molecule has 0 saturated carbocycles. The molecule has 1 saturated heterocycles. The SMILES string of the molecule is Cc1cc(C)cc(COc2ccc(CN3CCN(c4ncccc4C(=O)OC(C)C)CC3)cc2)c1. The van der Waals surface area contributed by atoms with Crippen LogP contribution in [0.1, 0.15) is 46.5 Å². The number of ether oxygens (including phenoxy) is 2. The number of rotatable bonds is 8. The first kappa shape index (κ1) is 24.7. The molecule has 0 N–H and O–H groups in total. The highest BCUT2D eigenvalue weighted by Gasteiger charge is 2.23. The van der Waals surface area contributed by atoms with Crippen molar-refractivity contribution in [2.24, 2.45) is 0 Å². The zero-order valence-electron chi connectivity index (χ0n) is 21.2. The zero-order chi connectivity index (χ0) is 24.8. The smallest absolute Gasteiger partial charge is 0.342 e. The van der Waals surface area contributed by atoms with Gasteiger partial charge in [-0.1, -0.05) is 41.5 Å². The van der Waals surface area contributed by atoms with E-state index < -0.39 is 0 Å². The van der Waals surface area contributed by atoms with Gasteiger partial charge in [0.15, 0.2) is 0 Å². The largest absolute Gasteiger partial charge is 0.489 e. The number of benzene rings is 2. The number of carbonyl (C=O) groups excluding carboxylic acids is 1. The van der Waals surface area contributed by atoms with Crippen molar-refractivity contribution in [1.29, 1.82) is 0 Å². The van der Waals surface area contributed by atoms with Crippen molar-refractivity contribution in [3.05, 3.63) is 88.6 Å². The molecule has 1 aliphatic heterocycles. The Morgan fingerprint density at radius 3 is 2.29 bits per heavy atom. The van der Waals surface area contributed by atoms with Gasteiger partial charge in [0.25, 0.3) is 0 Å². The van der Waals surface area contributed by atoms with Gasteiger partial charge in [0, 0.05) is 38.9 Å². The molecule has 3 aromatic rings. The number of piperazine rings is 1. The topological polar surface area (TPSA) is 54.9 Å². The van der Waals surface area contributed by atoms with Gasteiger partial charge in [0.05, 0.1) is 6.10 Å². The van der Waals surface area contributed by atoms with Crippen molar-refractivity contribution in [2.45, 2.75) is 47.0 Å². The summed E-state index contributed by atoms with van der Waals surface area (Å²) < 4.78 is 11.4. The Morgan fingerprint density at radius 2 is 1.63 bits per heavy atom. The summed E-state index contributed by atoms with van der Waals surface area (Å²) in [6.07, 6.45) is 1.58. The van der Waals surface area contributed by atoms with E-state index in [0.29, 0.717) is 18.0 Å². The lowest BCUT2D eigenvalue weighted by atomic mass is 10.1. The third-order valence-electron chi connectivity index (χ3n) is 6.04. The fourth-order valence-corrected chi connectivity index (χ4v) is 4.47. The number of pyridine rings is 1. The standard InChI is InChI=1S/C29H35N3O3/c1-21(2)35-29(33)27-6-5-11-30-28(27)32-14-12-31(13-15-32)19-24-7-9-26(10-8-24)34-20-25-17-22(3)16-23(4)18-25/h5-11,16-18,21H,12-15,19-20H2,1-4H3. The maximum absolute atomic E-state index is 12.5. The van der Waals surface area contributed by atoms with Gasteiger partial charge in [-0.2, -0.15) is 0 Å². The summed E-state index contributed by atoms with van der Waals surface area (Å²) in [5.74, 6) is 1.28. The minimum atomic E-state index is -0.314. The van der Waals surface area contributed by atoms with Crippen molar-refractivity contribution in [3.63, 3.8) is 0 Å². The molecule has 2 aromatic carbocycles. The molecule has 1 aliphatic rings. The first-order valence-corrected chi connectivity index (χ1v) is 12.3. The maximum atomic E-state index is 12.5. The van der Waals surface area contributed by atoms with Crippen LogP contribution in [0.5, 0.6) is 5.75 Å². The molecule has 4 rings (SSSR count). The van der Waals surface area contributed by atoms with Crippen LogP contribution in [0.25, 0.3) is 0 Å².